The van der Waals surface area contributed by atoms with Crippen molar-refractivity contribution in [1.82, 2.24) is 19.8 Å². The summed E-state index contributed by atoms with van der Waals surface area (Å²) >= 11 is 1.54. The van der Waals surface area contributed by atoms with Crippen molar-refractivity contribution in [2.24, 2.45) is 0 Å². The first-order valence-corrected chi connectivity index (χ1v) is 12.6. The first-order valence-electron chi connectivity index (χ1n) is 11.7. The zero-order valence-electron chi connectivity index (χ0n) is 19.6. The number of rotatable bonds is 11. The van der Waals surface area contributed by atoms with Gasteiger partial charge in [0, 0.05) is 23.9 Å². The van der Waals surface area contributed by atoms with Gasteiger partial charge in [-0.15, -0.1) is 11.3 Å². The number of carbonyl (C=O) groups is 3. The maximum Gasteiger partial charge on any atom is 0.306 e. The molecule has 35 heavy (non-hydrogen) atoms. The van der Waals surface area contributed by atoms with Gasteiger partial charge in [0.2, 0.25) is 5.91 Å². The second kappa shape index (κ2) is 11.3. The molecule has 2 heterocycles. The normalized spacial score (nSPS) is 12.9. The Morgan fingerprint density at radius 2 is 2.00 bits per heavy atom. The first kappa shape index (κ1) is 24.6. The molecular weight excluding hydrogens is 468 g/mol. The third kappa shape index (κ3) is 6.33. The zero-order chi connectivity index (χ0) is 24.8. The summed E-state index contributed by atoms with van der Waals surface area (Å²) in [5.41, 5.74) is 0.511. The van der Waals surface area contributed by atoms with Gasteiger partial charge in [-0.25, -0.2) is 4.98 Å². The number of aryl methyl sites for hydroxylation is 1. The highest BCUT2D eigenvalue weighted by molar-refractivity contribution is 7.09. The summed E-state index contributed by atoms with van der Waals surface area (Å²) in [4.78, 5) is 56.9. The van der Waals surface area contributed by atoms with E-state index >= 15 is 0 Å². The van der Waals surface area contributed by atoms with Crippen LogP contribution in [0.15, 0.2) is 46.6 Å². The quantitative estimate of drug-likeness (QED) is 0.408. The van der Waals surface area contributed by atoms with Crippen molar-refractivity contribution in [2.45, 2.75) is 45.2 Å². The average Bonchev–Trinajstić information content (AvgIpc) is 3.56. The van der Waals surface area contributed by atoms with E-state index in [4.69, 9.17) is 4.74 Å². The molecule has 3 aromatic rings. The second-order valence-electron chi connectivity index (χ2n) is 8.38. The summed E-state index contributed by atoms with van der Waals surface area (Å²) in [6, 6.07) is 11.1. The fourth-order valence-electron chi connectivity index (χ4n) is 3.80. The van der Waals surface area contributed by atoms with Crippen molar-refractivity contribution >= 4 is 40.0 Å². The summed E-state index contributed by atoms with van der Waals surface area (Å²) in [7, 11) is 0. The van der Waals surface area contributed by atoms with E-state index in [1.807, 2.05) is 29.6 Å². The molecule has 1 fully saturated rings. The summed E-state index contributed by atoms with van der Waals surface area (Å²) < 4.78 is 6.86. The van der Waals surface area contributed by atoms with Crippen molar-refractivity contribution in [3.05, 3.63) is 62.8 Å². The van der Waals surface area contributed by atoms with Crippen LogP contribution in [0.25, 0.3) is 10.9 Å². The lowest BCUT2D eigenvalue weighted by atomic mass is 10.2. The highest BCUT2D eigenvalue weighted by Crippen LogP contribution is 2.34. The molecule has 2 amide bonds. The van der Waals surface area contributed by atoms with Crippen LogP contribution in [0, 0.1) is 0 Å². The smallest absolute Gasteiger partial charge is 0.306 e. The summed E-state index contributed by atoms with van der Waals surface area (Å²) in [6.07, 6.45) is 2.07. The summed E-state index contributed by atoms with van der Waals surface area (Å²) in [5.74, 6) is -0.718. The number of nitrogens with zero attached hydrogens (tertiary/aromatic N) is 3. The van der Waals surface area contributed by atoms with Gasteiger partial charge in [-0.2, -0.15) is 0 Å². The van der Waals surface area contributed by atoms with E-state index in [-0.39, 0.29) is 36.9 Å². The topological polar surface area (TPSA) is 111 Å². The number of hydrogen-bond acceptors (Lipinski definition) is 7. The Morgan fingerprint density at radius 3 is 2.71 bits per heavy atom. The zero-order valence-corrected chi connectivity index (χ0v) is 20.4. The molecule has 0 unspecified atom stereocenters. The van der Waals surface area contributed by atoms with E-state index in [0.29, 0.717) is 29.8 Å². The molecule has 2 aromatic heterocycles. The van der Waals surface area contributed by atoms with Crippen molar-refractivity contribution in [3.63, 3.8) is 0 Å². The van der Waals surface area contributed by atoms with Crippen molar-refractivity contribution < 1.29 is 19.1 Å². The molecule has 1 N–H and O–H groups in total. The number of likely N-dealkylation sites (N-methyl/N-ethyl adjacent to an activating group) is 1. The Morgan fingerprint density at radius 1 is 1.20 bits per heavy atom. The molecule has 1 aliphatic rings. The summed E-state index contributed by atoms with van der Waals surface area (Å²) in [6.45, 7) is 1.94. The Labute approximate surface area is 206 Å². The predicted octanol–water partition coefficient (Wildman–Crippen LogP) is 2.43. The van der Waals surface area contributed by atoms with Crippen LogP contribution < -0.4 is 10.9 Å². The summed E-state index contributed by atoms with van der Waals surface area (Å²) in [5, 5.41) is 5.27. The van der Waals surface area contributed by atoms with Gasteiger partial charge in [0.05, 0.1) is 30.4 Å². The minimum absolute atomic E-state index is 0.00178. The molecule has 4 rings (SSSR count). The molecule has 0 radical (unpaired) electrons. The van der Waals surface area contributed by atoms with E-state index < -0.39 is 18.5 Å². The molecule has 0 saturated heterocycles. The number of para-hydroxylation sites is 1. The van der Waals surface area contributed by atoms with Crippen LogP contribution in [0.2, 0.25) is 0 Å². The average molecular weight is 497 g/mol. The number of hydrogen-bond donors (Lipinski definition) is 1. The standard InChI is InChI=1S/C25H28N4O5S/c1-2-28(15-22(30)26-14-18-6-5-13-35-18)23(31)16-34-24(32)12-11-21-27-20-8-4-3-7-19(20)25(33)29(21)17-9-10-17/h3-8,13,17H,2,9-12,14-16H2,1H3,(H,26,30). The molecule has 1 saturated carbocycles. The molecule has 0 aliphatic heterocycles. The minimum atomic E-state index is -0.554. The number of thiophene rings is 1. The molecule has 1 aromatic carbocycles. The molecule has 0 atom stereocenters. The van der Waals surface area contributed by atoms with Crippen molar-refractivity contribution in [3.8, 4) is 0 Å². The lowest BCUT2D eigenvalue weighted by Gasteiger charge is -2.20. The van der Waals surface area contributed by atoms with Gasteiger partial charge in [-0.1, -0.05) is 18.2 Å². The van der Waals surface area contributed by atoms with Gasteiger partial charge >= 0.3 is 5.97 Å². The van der Waals surface area contributed by atoms with Crippen LogP contribution in [0.3, 0.4) is 0 Å². The molecule has 9 nitrogen and oxygen atoms in total. The molecule has 0 bridgehead atoms. The van der Waals surface area contributed by atoms with Gasteiger partial charge in [0.25, 0.3) is 11.5 Å². The van der Waals surface area contributed by atoms with E-state index in [9.17, 15) is 19.2 Å². The van der Waals surface area contributed by atoms with Crippen LogP contribution in [-0.4, -0.2) is 51.9 Å². The van der Waals surface area contributed by atoms with Crippen LogP contribution in [0.4, 0.5) is 0 Å². The lowest BCUT2D eigenvalue weighted by Crippen LogP contribution is -2.42. The minimum Gasteiger partial charge on any atom is -0.456 e. The third-order valence-corrected chi connectivity index (χ3v) is 6.69. The van der Waals surface area contributed by atoms with Crippen molar-refractivity contribution in [2.75, 3.05) is 19.7 Å². The fourth-order valence-corrected chi connectivity index (χ4v) is 4.45. The van der Waals surface area contributed by atoms with Crippen LogP contribution in [-0.2, 0) is 32.1 Å². The van der Waals surface area contributed by atoms with E-state index in [1.54, 1.807) is 35.0 Å². The maximum absolute atomic E-state index is 12.9. The predicted molar refractivity (Wildman–Crippen MR) is 132 cm³/mol. The van der Waals surface area contributed by atoms with Gasteiger partial charge < -0.3 is 15.0 Å². The number of amides is 2. The number of nitrogens with one attached hydrogen (secondary N) is 1. The number of aromatic nitrogens is 2. The fraction of sp³-hybridized carbons (Fsp3) is 0.400. The maximum atomic E-state index is 12.9. The number of fused-ring (bicyclic) bond motifs is 1. The monoisotopic (exact) mass is 496 g/mol. The SMILES string of the molecule is CCN(CC(=O)NCc1cccs1)C(=O)COC(=O)CCc1nc2ccccc2c(=O)n1C1CC1. The molecule has 0 spiro atoms. The number of carbonyl (C=O) groups excluding carboxylic acids is 3. The highest BCUT2D eigenvalue weighted by atomic mass is 32.1. The molecular formula is C25H28N4O5S. The van der Waals surface area contributed by atoms with Crippen LogP contribution in [0.5, 0.6) is 0 Å². The largest absolute Gasteiger partial charge is 0.456 e. The van der Waals surface area contributed by atoms with E-state index in [2.05, 4.69) is 10.3 Å². The van der Waals surface area contributed by atoms with Gasteiger partial charge in [-0.3, -0.25) is 23.7 Å². The Balaban J connectivity index is 1.28. The van der Waals surface area contributed by atoms with Crippen LogP contribution >= 0.6 is 11.3 Å². The van der Waals surface area contributed by atoms with Crippen molar-refractivity contribution in [1.29, 1.82) is 0 Å². The number of ether oxygens (including phenoxy) is 1. The first-order chi connectivity index (χ1) is 17.0. The molecule has 1 aliphatic carbocycles. The molecule has 10 heteroatoms. The van der Waals surface area contributed by atoms with Crippen LogP contribution in [0.1, 0.15) is 42.9 Å². The number of esters is 1. The Kier molecular flexibility index (Phi) is 7.91. The van der Waals surface area contributed by atoms with Gasteiger partial charge in [0.1, 0.15) is 5.82 Å². The van der Waals surface area contributed by atoms with E-state index in [1.165, 1.54) is 4.90 Å². The highest BCUT2D eigenvalue weighted by Gasteiger charge is 2.28. The Hall–Kier alpha value is -3.53. The third-order valence-electron chi connectivity index (χ3n) is 5.81. The van der Waals surface area contributed by atoms with E-state index in [0.717, 1.165) is 17.7 Å². The lowest BCUT2D eigenvalue weighted by molar-refractivity contribution is -0.152. The molecule has 184 valence electrons. The number of benzene rings is 1. The second-order valence-corrected chi connectivity index (χ2v) is 9.41. The van der Waals surface area contributed by atoms with Gasteiger partial charge in [-0.05, 0) is 43.3 Å². The Bertz CT molecular complexity index is 1270. The van der Waals surface area contributed by atoms with Gasteiger partial charge in [0.15, 0.2) is 6.61 Å².